The average molecular weight is 369 g/mol. The number of halogens is 2. The summed E-state index contributed by atoms with van der Waals surface area (Å²) in [5.74, 6) is 0. The highest BCUT2D eigenvalue weighted by Gasteiger charge is 2.08. The van der Waals surface area contributed by atoms with Crippen LogP contribution in [0.3, 0.4) is 0 Å². The Balaban J connectivity index is 2.19. The van der Waals surface area contributed by atoms with E-state index in [4.69, 9.17) is 5.73 Å². The first kappa shape index (κ1) is 13.8. The van der Waals surface area contributed by atoms with Crippen LogP contribution in [-0.4, -0.2) is 0 Å². The van der Waals surface area contributed by atoms with Crippen LogP contribution < -0.4 is 5.73 Å². The summed E-state index contributed by atoms with van der Waals surface area (Å²) in [6.07, 6.45) is 0.843. The van der Waals surface area contributed by atoms with Crippen molar-refractivity contribution in [3.63, 3.8) is 0 Å². The maximum atomic E-state index is 6.28. The summed E-state index contributed by atoms with van der Waals surface area (Å²) in [4.78, 5) is 0. The minimum atomic E-state index is 0.0236. The standard InChI is InChI=1S/C15H15Br2N/c1-10-5-12(9-14(17)6-10)15(18)8-11-3-2-4-13(16)7-11/h2-7,9,15H,8,18H2,1H3. The molecule has 0 heterocycles. The van der Waals surface area contributed by atoms with Gasteiger partial charge in [0.25, 0.3) is 0 Å². The largest absolute Gasteiger partial charge is 0.324 e. The highest BCUT2D eigenvalue weighted by atomic mass is 79.9. The first-order valence-electron chi connectivity index (χ1n) is 5.82. The third-order valence-electron chi connectivity index (χ3n) is 2.84. The minimum Gasteiger partial charge on any atom is -0.324 e. The van der Waals surface area contributed by atoms with E-state index in [1.807, 2.05) is 12.1 Å². The van der Waals surface area contributed by atoms with Gasteiger partial charge in [-0.15, -0.1) is 0 Å². The van der Waals surface area contributed by atoms with Crippen LogP contribution in [0.2, 0.25) is 0 Å². The van der Waals surface area contributed by atoms with Crippen LogP contribution in [0.15, 0.2) is 51.4 Å². The quantitative estimate of drug-likeness (QED) is 0.830. The SMILES string of the molecule is Cc1cc(Br)cc(C(N)Cc2cccc(Br)c2)c1. The van der Waals surface area contributed by atoms with Gasteiger partial charge in [-0.1, -0.05) is 50.1 Å². The lowest BCUT2D eigenvalue weighted by molar-refractivity contribution is 0.720. The number of aryl methyl sites for hydroxylation is 1. The van der Waals surface area contributed by atoms with Gasteiger partial charge in [0.2, 0.25) is 0 Å². The third kappa shape index (κ3) is 3.67. The first-order valence-corrected chi connectivity index (χ1v) is 7.40. The van der Waals surface area contributed by atoms with E-state index in [1.54, 1.807) is 0 Å². The molecule has 0 fully saturated rings. The second-order valence-corrected chi connectivity index (χ2v) is 6.33. The summed E-state index contributed by atoms with van der Waals surface area (Å²) >= 11 is 7.00. The van der Waals surface area contributed by atoms with Gasteiger partial charge in [0.15, 0.2) is 0 Å². The molecule has 1 atom stereocenters. The lowest BCUT2D eigenvalue weighted by atomic mass is 9.98. The van der Waals surface area contributed by atoms with Gasteiger partial charge < -0.3 is 5.73 Å². The lowest BCUT2D eigenvalue weighted by Gasteiger charge is -2.14. The molecule has 0 aliphatic carbocycles. The first-order chi connectivity index (χ1) is 8.54. The fourth-order valence-corrected chi connectivity index (χ4v) is 3.09. The van der Waals surface area contributed by atoms with Crippen molar-refractivity contribution >= 4 is 31.9 Å². The fourth-order valence-electron chi connectivity index (χ4n) is 2.01. The van der Waals surface area contributed by atoms with E-state index >= 15 is 0 Å². The maximum Gasteiger partial charge on any atom is 0.0336 e. The van der Waals surface area contributed by atoms with E-state index in [2.05, 4.69) is 69.1 Å². The molecule has 94 valence electrons. The predicted octanol–water partition coefficient (Wildman–Crippen LogP) is 4.76. The van der Waals surface area contributed by atoms with Crippen LogP contribution in [0.25, 0.3) is 0 Å². The Morgan fingerprint density at radius 1 is 1.06 bits per heavy atom. The molecule has 2 N–H and O–H groups in total. The topological polar surface area (TPSA) is 26.0 Å². The van der Waals surface area contributed by atoms with Gasteiger partial charge in [-0.05, 0) is 54.3 Å². The third-order valence-corrected chi connectivity index (χ3v) is 3.79. The number of nitrogens with two attached hydrogens (primary N) is 1. The number of rotatable bonds is 3. The summed E-state index contributed by atoms with van der Waals surface area (Å²) in [5.41, 5.74) is 9.92. The Morgan fingerprint density at radius 3 is 2.50 bits per heavy atom. The molecule has 2 aromatic carbocycles. The molecule has 0 aromatic heterocycles. The van der Waals surface area contributed by atoms with Gasteiger partial charge in [-0.3, -0.25) is 0 Å². The Labute approximate surface area is 125 Å². The maximum absolute atomic E-state index is 6.28. The lowest BCUT2D eigenvalue weighted by Crippen LogP contribution is -2.13. The van der Waals surface area contributed by atoms with Crippen molar-refractivity contribution in [2.24, 2.45) is 5.73 Å². The second kappa shape index (κ2) is 6.00. The molecular formula is C15H15Br2N. The van der Waals surface area contributed by atoms with Crippen LogP contribution in [0.5, 0.6) is 0 Å². The highest BCUT2D eigenvalue weighted by molar-refractivity contribution is 9.10. The van der Waals surface area contributed by atoms with Crippen molar-refractivity contribution in [3.05, 3.63) is 68.1 Å². The van der Waals surface area contributed by atoms with Crippen LogP contribution >= 0.6 is 31.9 Å². The average Bonchev–Trinajstić information content (AvgIpc) is 2.27. The molecule has 0 radical (unpaired) electrons. The molecule has 2 rings (SSSR count). The highest BCUT2D eigenvalue weighted by Crippen LogP contribution is 2.23. The van der Waals surface area contributed by atoms with Gasteiger partial charge in [0, 0.05) is 15.0 Å². The van der Waals surface area contributed by atoms with E-state index in [1.165, 1.54) is 16.7 Å². The normalized spacial score (nSPS) is 12.4. The Morgan fingerprint density at radius 2 is 1.83 bits per heavy atom. The van der Waals surface area contributed by atoms with Crippen molar-refractivity contribution in [2.75, 3.05) is 0 Å². The van der Waals surface area contributed by atoms with Crippen LogP contribution in [0, 0.1) is 6.92 Å². The molecule has 1 nitrogen and oxygen atoms in total. The van der Waals surface area contributed by atoms with Crippen molar-refractivity contribution in [3.8, 4) is 0 Å². The molecule has 0 aliphatic rings. The van der Waals surface area contributed by atoms with Gasteiger partial charge in [-0.25, -0.2) is 0 Å². The van der Waals surface area contributed by atoms with Gasteiger partial charge in [-0.2, -0.15) is 0 Å². The zero-order chi connectivity index (χ0) is 13.1. The van der Waals surface area contributed by atoms with E-state index in [0.29, 0.717) is 0 Å². The summed E-state index contributed by atoms with van der Waals surface area (Å²) in [7, 11) is 0. The molecule has 0 bridgehead atoms. The van der Waals surface area contributed by atoms with Gasteiger partial charge >= 0.3 is 0 Å². The zero-order valence-corrected chi connectivity index (χ0v) is 13.3. The smallest absolute Gasteiger partial charge is 0.0336 e. The van der Waals surface area contributed by atoms with E-state index in [0.717, 1.165) is 15.4 Å². The van der Waals surface area contributed by atoms with Crippen molar-refractivity contribution in [1.29, 1.82) is 0 Å². The molecular weight excluding hydrogens is 354 g/mol. The second-order valence-electron chi connectivity index (χ2n) is 4.50. The monoisotopic (exact) mass is 367 g/mol. The van der Waals surface area contributed by atoms with Crippen LogP contribution in [0.1, 0.15) is 22.7 Å². The molecule has 0 aliphatic heterocycles. The molecule has 2 aromatic rings. The Bertz CT molecular complexity index is 532. The number of benzene rings is 2. The fraction of sp³-hybridized carbons (Fsp3) is 0.200. The van der Waals surface area contributed by atoms with Crippen molar-refractivity contribution in [1.82, 2.24) is 0 Å². The van der Waals surface area contributed by atoms with Gasteiger partial charge in [0.1, 0.15) is 0 Å². The molecule has 1 unspecified atom stereocenters. The number of hydrogen-bond donors (Lipinski definition) is 1. The Hall–Kier alpha value is -0.640. The van der Waals surface area contributed by atoms with E-state index in [9.17, 15) is 0 Å². The van der Waals surface area contributed by atoms with E-state index < -0.39 is 0 Å². The minimum absolute atomic E-state index is 0.0236. The van der Waals surface area contributed by atoms with Crippen LogP contribution in [0.4, 0.5) is 0 Å². The van der Waals surface area contributed by atoms with Crippen molar-refractivity contribution < 1.29 is 0 Å². The molecule has 0 saturated carbocycles. The summed E-state index contributed by atoms with van der Waals surface area (Å²) in [6, 6.07) is 14.6. The summed E-state index contributed by atoms with van der Waals surface area (Å²) in [6.45, 7) is 2.08. The van der Waals surface area contributed by atoms with Crippen molar-refractivity contribution in [2.45, 2.75) is 19.4 Å². The van der Waals surface area contributed by atoms with E-state index in [-0.39, 0.29) is 6.04 Å². The zero-order valence-electron chi connectivity index (χ0n) is 10.2. The van der Waals surface area contributed by atoms with Crippen LogP contribution in [-0.2, 0) is 6.42 Å². The summed E-state index contributed by atoms with van der Waals surface area (Å²) < 4.78 is 2.18. The number of hydrogen-bond acceptors (Lipinski definition) is 1. The molecule has 18 heavy (non-hydrogen) atoms. The molecule has 3 heteroatoms. The summed E-state index contributed by atoms with van der Waals surface area (Å²) in [5, 5.41) is 0. The van der Waals surface area contributed by atoms with Gasteiger partial charge in [0.05, 0.1) is 0 Å². The Kier molecular flexibility index (Phi) is 4.60. The predicted molar refractivity (Wildman–Crippen MR) is 83.7 cm³/mol. The molecule has 0 amide bonds. The molecule has 0 spiro atoms. The molecule has 0 saturated heterocycles.